The topological polar surface area (TPSA) is 36.0 Å². The van der Waals surface area contributed by atoms with Crippen LogP contribution in [0.2, 0.25) is 0 Å². The van der Waals surface area contributed by atoms with E-state index in [1.54, 1.807) is 0 Å². The van der Waals surface area contributed by atoms with Crippen LogP contribution in [0.25, 0.3) is 77.6 Å². The van der Waals surface area contributed by atoms with Crippen LogP contribution >= 0.6 is 0 Å². The van der Waals surface area contributed by atoms with Gasteiger partial charge in [0, 0.05) is 101 Å². The van der Waals surface area contributed by atoms with Gasteiger partial charge in [-0.2, -0.15) is 0 Å². The van der Waals surface area contributed by atoms with E-state index in [1.165, 1.54) is 77.8 Å². The zero-order valence-corrected chi connectivity index (χ0v) is 57.1. The van der Waals surface area contributed by atoms with Crippen LogP contribution in [0.15, 0.2) is 233 Å². The van der Waals surface area contributed by atoms with Gasteiger partial charge < -0.3 is 23.4 Å². The fraction of sp³-hybridized carbons (Fsp3) is 0.227. The molecule has 3 aliphatic rings. The number of fused-ring (bicyclic) bond motifs is 12. The second-order valence-corrected chi connectivity index (χ2v) is 31.5. The third-order valence-corrected chi connectivity index (χ3v) is 20.8. The van der Waals surface area contributed by atoms with Crippen LogP contribution < -0.4 is 25.5 Å². The van der Waals surface area contributed by atoms with Crippen molar-refractivity contribution >= 4 is 96.0 Å². The summed E-state index contributed by atoms with van der Waals surface area (Å²) in [4.78, 5) is 7.72. The van der Waals surface area contributed by atoms with E-state index < -0.39 is 0 Å². The first kappa shape index (κ1) is 59.3. The van der Waals surface area contributed by atoms with Crippen molar-refractivity contribution in [2.75, 3.05) is 14.6 Å². The fourth-order valence-corrected chi connectivity index (χ4v) is 15.6. The molecule has 0 fully saturated rings. The van der Waals surface area contributed by atoms with Crippen LogP contribution in [0.4, 0.5) is 45.5 Å². The van der Waals surface area contributed by atoms with E-state index in [0.29, 0.717) is 0 Å². The van der Waals surface area contributed by atoms with E-state index in [1.807, 2.05) is 0 Å². The molecule has 94 heavy (non-hydrogen) atoms. The fourth-order valence-electron chi connectivity index (χ4n) is 15.6. The SMILES string of the molecule is Cc1cc(C(C)(C)C)ccc1N1c2cc3c(-c4ccccc4)oc(-c4ccccc4)c3cc2B2c3c(cc4c(c31)C(C)(C)c1ccccc1-4)-c1cc3c(cc1N2c1ccc(C(C)(C)C)cc1)oc1cc(N(c2ccc(C(C)(C)C)cc2)c2ccc(C(C)(C)C)cc2)ccc13. The monoisotopic (exact) mass is 1220 g/mol. The first-order chi connectivity index (χ1) is 44.8. The molecule has 13 aromatic rings. The Morgan fingerprint density at radius 3 is 1.49 bits per heavy atom. The molecule has 0 atom stereocenters. The highest BCUT2D eigenvalue weighted by atomic mass is 16.3. The molecule has 0 radical (unpaired) electrons. The lowest BCUT2D eigenvalue weighted by atomic mass is 9.42. The first-order valence-electron chi connectivity index (χ1n) is 33.7. The van der Waals surface area contributed by atoms with Gasteiger partial charge in [0.1, 0.15) is 22.7 Å². The molecule has 0 spiro atoms. The van der Waals surface area contributed by atoms with Crippen molar-refractivity contribution in [1.82, 2.24) is 0 Å². The number of furan rings is 2. The number of anilines is 8. The molecule has 0 saturated carbocycles. The average molecular weight is 1220 g/mol. The molecule has 464 valence electrons. The van der Waals surface area contributed by atoms with Crippen LogP contribution in [0, 0.1) is 6.92 Å². The molecule has 0 bridgehead atoms. The van der Waals surface area contributed by atoms with Crippen molar-refractivity contribution < 1.29 is 8.83 Å². The molecule has 16 rings (SSSR count). The number of hydrogen-bond donors (Lipinski definition) is 0. The van der Waals surface area contributed by atoms with E-state index in [-0.39, 0.29) is 33.9 Å². The Bertz CT molecular complexity index is 5140. The largest absolute Gasteiger partial charge is 0.456 e. The third-order valence-electron chi connectivity index (χ3n) is 20.8. The maximum absolute atomic E-state index is 7.38. The molecule has 1 aliphatic carbocycles. The van der Waals surface area contributed by atoms with Crippen LogP contribution in [-0.2, 0) is 27.1 Å². The summed E-state index contributed by atoms with van der Waals surface area (Å²) in [5, 5.41) is 4.29. The van der Waals surface area contributed by atoms with Gasteiger partial charge in [-0.05, 0) is 168 Å². The quantitative estimate of drug-likeness (QED) is 0.149. The lowest BCUT2D eigenvalue weighted by Crippen LogP contribution is -2.62. The minimum atomic E-state index is -0.385. The van der Waals surface area contributed by atoms with E-state index in [4.69, 9.17) is 8.83 Å². The van der Waals surface area contributed by atoms with Crippen LogP contribution in [0.3, 0.4) is 0 Å². The van der Waals surface area contributed by atoms with Gasteiger partial charge in [0.15, 0.2) is 0 Å². The van der Waals surface area contributed by atoms with Gasteiger partial charge in [0.05, 0.1) is 0 Å². The molecule has 2 aliphatic heterocycles. The van der Waals surface area contributed by atoms with Crippen molar-refractivity contribution in [2.45, 2.75) is 131 Å². The summed E-state index contributed by atoms with van der Waals surface area (Å²) in [5.41, 5.74) is 28.7. The van der Waals surface area contributed by atoms with Crippen molar-refractivity contribution in [2.24, 2.45) is 0 Å². The van der Waals surface area contributed by atoms with Crippen molar-refractivity contribution in [3.8, 4) is 44.9 Å². The van der Waals surface area contributed by atoms with E-state index in [2.05, 4.69) is 343 Å². The smallest absolute Gasteiger partial charge is 0.333 e. The predicted octanol–water partition coefficient (Wildman–Crippen LogP) is 23.6. The second-order valence-electron chi connectivity index (χ2n) is 31.5. The maximum Gasteiger partial charge on any atom is 0.333 e. The average Bonchev–Trinajstić information content (AvgIpc) is 1.28. The zero-order chi connectivity index (χ0) is 65.3. The summed E-state index contributed by atoms with van der Waals surface area (Å²) in [6, 6.07) is 84.6. The summed E-state index contributed by atoms with van der Waals surface area (Å²) >= 11 is 0. The highest BCUT2D eigenvalue weighted by molar-refractivity contribution is 6.94. The number of hydrogen-bond acceptors (Lipinski definition) is 5. The van der Waals surface area contributed by atoms with Gasteiger partial charge in [0.25, 0.3) is 0 Å². The Hall–Kier alpha value is -9.78. The Labute approximate surface area is 555 Å². The zero-order valence-electron chi connectivity index (χ0n) is 57.1. The summed E-state index contributed by atoms with van der Waals surface area (Å²) in [7, 11) is 0. The summed E-state index contributed by atoms with van der Waals surface area (Å²) in [6.45, 7) is 34.5. The summed E-state index contributed by atoms with van der Waals surface area (Å²) in [6.07, 6.45) is 0. The maximum atomic E-state index is 7.38. The minimum Gasteiger partial charge on any atom is -0.456 e. The third kappa shape index (κ3) is 9.32. The Morgan fingerprint density at radius 1 is 0.394 bits per heavy atom. The molecule has 6 heteroatoms. The Balaban J connectivity index is 1.01. The number of nitrogens with zero attached hydrogens (tertiary/aromatic N) is 3. The molecule has 0 unspecified atom stereocenters. The molecule has 5 nitrogen and oxygen atoms in total. The molecule has 0 amide bonds. The summed E-state index contributed by atoms with van der Waals surface area (Å²) < 4.78 is 14.7. The lowest BCUT2D eigenvalue weighted by Gasteiger charge is -2.47. The molecule has 0 N–H and O–H groups in total. The van der Waals surface area contributed by atoms with Gasteiger partial charge in [-0.3, -0.25) is 0 Å². The molecule has 11 aromatic carbocycles. The van der Waals surface area contributed by atoms with Gasteiger partial charge >= 0.3 is 6.85 Å². The number of benzene rings is 11. The summed E-state index contributed by atoms with van der Waals surface area (Å²) in [5.74, 6) is 1.71. The highest BCUT2D eigenvalue weighted by Gasteiger charge is 2.51. The molecular weight excluding hydrogens is 1140 g/mol. The number of aryl methyl sites for hydroxylation is 1. The molecule has 2 aromatic heterocycles. The van der Waals surface area contributed by atoms with Crippen molar-refractivity contribution in [3.63, 3.8) is 0 Å². The Morgan fingerprint density at radius 2 is 0.915 bits per heavy atom. The highest BCUT2D eigenvalue weighted by Crippen LogP contribution is 2.59. The van der Waals surface area contributed by atoms with Crippen molar-refractivity contribution in [3.05, 3.63) is 263 Å². The predicted molar refractivity (Wildman–Crippen MR) is 400 cm³/mol. The normalized spacial score (nSPS) is 14.1. The standard InChI is InChI=1S/C88H82BN3O2/c1-53-46-59(87(11,12)13)36-45-74(53)91-76-51-71-70(82(54-24-18-16-19-25-54)94-83(71)55-26-20-17-21-27-55)50-73(76)89-80-69(49-68-64-28-22-23-29-72(64)88(14,15)79(68)81(80)91)66-48-67-65-44-43-63(47-77(65)93-78(67)52-75(66)92(89)62-41-34-58(35-42-62)86(8,9)10)90(60-37-30-56(31-38-60)84(2,3)4)61-39-32-57(33-40-61)85(5,6)7/h16-52H,1-15H3. The van der Waals surface area contributed by atoms with Crippen LogP contribution in [0.5, 0.6) is 0 Å². The molecule has 4 heterocycles. The van der Waals surface area contributed by atoms with Gasteiger partial charge in [-0.25, -0.2) is 0 Å². The second kappa shape index (κ2) is 20.9. The van der Waals surface area contributed by atoms with E-state index >= 15 is 0 Å². The number of rotatable bonds is 7. The Kier molecular flexibility index (Phi) is 13.2. The van der Waals surface area contributed by atoms with Crippen LogP contribution in [-0.4, -0.2) is 6.85 Å². The molecule has 0 saturated heterocycles. The molecular formula is C88H82BN3O2. The van der Waals surface area contributed by atoms with E-state index in [9.17, 15) is 0 Å². The van der Waals surface area contributed by atoms with E-state index in [0.717, 1.165) is 95.2 Å². The van der Waals surface area contributed by atoms with Gasteiger partial charge in [0.2, 0.25) is 0 Å². The minimum absolute atomic E-state index is 0.0154. The van der Waals surface area contributed by atoms with Gasteiger partial charge in [-0.1, -0.05) is 236 Å². The van der Waals surface area contributed by atoms with Gasteiger partial charge in [-0.15, -0.1) is 0 Å². The van der Waals surface area contributed by atoms with Crippen molar-refractivity contribution in [1.29, 1.82) is 0 Å². The van der Waals surface area contributed by atoms with Crippen LogP contribution in [0.1, 0.15) is 136 Å². The first-order valence-corrected chi connectivity index (χ1v) is 33.7. The lowest BCUT2D eigenvalue weighted by molar-refractivity contribution is 0.589.